The van der Waals surface area contributed by atoms with Crippen molar-refractivity contribution in [2.24, 2.45) is 0 Å². The number of ketones is 2. The van der Waals surface area contributed by atoms with Gasteiger partial charge < -0.3 is 4.90 Å². The van der Waals surface area contributed by atoms with Crippen LogP contribution in [0, 0.1) is 24.1 Å². The molecule has 33 heavy (non-hydrogen) atoms. The molecule has 0 radical (unpaired) electrons. The zero-order valence-corrected chi connectivity index (χ0v) is 19.4. The van der Waals surface area contributed by atoms with Crippen molar-refractivity contribution in [3.63, 3.8) is 0 Å². The van der Waals surface area contributed by atoms with Crippen LogP contribution < -0.4 is 0 Å². The molecular formula is C24H22FN3O4S. The first-order chi connectivity index (χ1) is 15.4. The molecule has 170 valence electrons. The summed E-state index contributed by atoms with van der Waals surface area (Å²) < 4.78 is 42.7. The summed E-state index contributed by atoms with van der Waals surface area (Å²) in [6, 6.07) is 11.4. The minimum atomic E-state index is -4.30. The van der Waals surface area contributed by atoms with E-state index in [1.165, 1.54) is 42.3 Å². The summed E-state index contributed by atoms with van der Waals surface area (Å²) in [6.07, 6.45) is 1.05. The molecule has 1 heterocycles. The molecule has 0 aliphatic rings. The van der Waals surface area contributed by atoms with E-state index in [1.807, 2.05) is 0 Å². The lowest BCUT2D eigenvalue weighted by Crippen LogP contribution is -2.20. The maximum absolute atomic E-state index is 14.6. The van der Waals surface area contributed by atoms with E-state index < -0.39 is 21.6 Å². The molecule has 0 unspecified atom stereocenters. The van der Waals surface area contributed by atoms with Crippen LogP contribution in [0.3, 0.4) is 0 Å². The minimum Gasteiger partial charge on any atom is -0.382 e. The minimum absolute atomic E-state index is 0.0109. The SMILES string of the molecule is CC(=O)Cc1cc2c(cc1F)cc(C(=O)/C(C#N)=C/N(C)C)n2S(=O)(=O)c1ccc(C)cc1. The highest BCUT2D eigenvalue weighted by molar-refractivity contribution is 7.90. The molecule has 0 aliphatic carbocycles. The Kier molecular flexibility index (Phi) is 6.51. The molecule has 3 aromatic rings. The predicted molar refractivity (Wildman–Crippen MR) is 122 cm³/mol. The highest BCUT2D eigenvalue weighted by atomic mass is 32.2. The number of benzene rings is 2. The number of fused-ring (bicyclic) bond motifs is 1. The van der Waals surface area contributed by atoms with Crippen molar-refractivity contribution in [1.82, 2.24) is 8.87 Å². The van der Waals surface area contributed by atoms with Crippen LogP contribution in [-0.2, 0) is 21.2 Å². The Morgan fingerprint density at radius 1 is 1.15 bits per heavy atom. The van der Waals surface area contributed by atoms with E-state index >= 15 is 0 Å². The van der Waals surface area contributed by atoms with Crippen molar-refractivity contribution in [1.29, 1.82) is 5.26 Å². The van der Waals surface area contributed by atoms with Crippen LogP contribution in [0.2, 0.25) is 0 Å². The van der Waals surface area contributed by atoms with Gasteiger partial charge in [0, 0.05) is 32.1 Å². The number of allylic oxidation sites excluding steroid dienone is 1. The number of hydrogen-bond donors (Lipinski definition) is 0. The quantitative estimate of drug-likeness (QED) is 0.299. The summed E-state index contributed by atoms with van der Waals surface area (Å²) in [5.41, 5.74) is 0.303. The van der Waals surface area contributed by atoms with E-state index in [1.54, 1.807) is 39.2 Å². The smallest absolute Gasteiger partial charge is 0.268 e. The number of carbonyl (C=O) groups is 2. The first-order valence-electron chi connectivity index (χ1n) is 9.94. The Morgan fingerprint density at radius 2 is 1.79 bits per heavy atom. The summed E-state index contributed by atoms with van der Waals surface area (Å²) in [5.74, 6) is -1.82. The van der Waals surface area contributed by atoms with E-state index in [0.717, 1.165) is 15.6 Å². The normalized spacial score (nSPS) is 11.9. The molecule has 0 amide bonds. The highest BCUT2D eigenvalue weighted by Crippen LogP contribution is 2.30. The molecule has 0 fully saturated rings. The summed E-state index contributed by atoms with van der Waals surface area (Å²) in [6.45, 7) is 3.10. The predicted octanol–water partition coefficient (Wildman–Crippen LogP) is 3.61. The average molecular weight is 468 g/mol. The van der Waals surface area contributed by atoms with Gasteiger partial charge in [-0.2, -0.15) is 5.26 Å². The van der Waals surface area contributed by atoms with Gasteiger partial charge in [0.2, 0.25) is 5.78 Å². The molecule has 0 saturated carbocycles. The number of hydrogen-bond acceptors (Lipinski definition) is 6. The maximum Gasteiger partial charge on any atom is 0.268 e. The number of aryl methyl sites for hydroxylation is 1. The Balaban J connectivity index is 2.39. The first kappa shape index (κ1) is 23.9. The fourth-order valence-corrected chi connectivity index (χ4v) is 4.92. The highest BCUT2D eigenvalue weighted by Gasteiger charge is 2.29. The topological polar surface area (TPSA) is 100 Å². The summed E-state index contributed by atoms with van der Waals surface area (Å²) in [4.78, 5) is 26.2. The van der Waals surface area contributed by atoms with Gasteiger partial charge >= 0.3 is 0 Å². The molecule has 0 saturated heterocycles. The van der Waals surface area contributed by atoms with Crippen LogP contribution in [0.25, 0.3) is 10.9 Å². The Labute approximate surface area is 191 Å². The summed E-state index contributed by atoms with van der Waals surface area (Å²) in [7, 11) is -1.07. The van der Waals surface area contributed by atoms with Crippen LogP contribution in [0.4, 0.5) is 4.39 Å². The average Bonchev–Trinajstić information content (AvgIpc) is 3.10. The Bertz CT molecular complexity index is 1440. The molecule has 0 spiro atoms. The van der Waals surface area contributed by atoms with Gasteiger partial charge in [0.25, 0.3) is 10.0 Å². The van der Waals surface area contributed by atoms with Gasteiger partial charge in [0.05, 0.1) is 10.4 Å². The molecular weight excluding hydrogens is 445 g/mol. The number of nitriles is 1. The largest absolute Gasteiger partial charge is 0.382 e. The second-order valence-electron chi connectivity index (χ2n) is 7.94. The van der Waals surface area contributed by atoms with Gasteiger partial charge in [-0.3, -0.25) is 9.59 Å². The van der Waals surface area contributed by atoms with Crippen LogP contribution in [0.15, 0.2) is 59.1 Å². The van der Waals surface area contributed by atoms with Crippen LogP contribution >= 0.6 is 0 Å². The zero-order chi connectivity index (χ0) is 24.5. The zero-order valence-electron chi connectivity index (χ0n) is 18.6. The molecule has 3 rings (SSSR count). The molecule has 0 N–H and O–H groups in total. The number of halogens is 1. The lowest BCUT2D eigenvalue weighted by molar-refractivity contribution is -0.116. The fraction of sp³-hybridized carbons (Fsp3) is 0.208. The lowest BCUT2D eigenvalue weighted by Gasteiger charge is -2.13. The van der Waals surface area contributed by atoms with Crippen molar-refractivity contribution in [2.45, 2.75) is 25.2 Å². The monoisotopic (exact) mass is 467 g/mol. The molecule has 9 heteroatoms. The van der Waals surface area contributed by atoms with Gasteiger partial charge in [-0.15, -0.1) is 0 Å². The van der Waals surface area contributed by atoms with Crippen LogP contribution in [0.5, 0.6) is 0 Å². The van der Waals surface area contributed by atoms with Gasteiger partial charge in [-0.1, -0.05) is 17.7 Å². The second-order valence-corrected chi connectivity index (χ2v) is 9.73. The number of rotatable bonds is 7. The fourth-order valence-electron chi connectivity index (χ4n) is 3.42. The summed E-state index contributed by atoms with van der Waals surface area (Å²) in [5, 5.41) is 9.64. The second kappa shape index (κ2) is 9.00. The van der Waals surface area contributed by atoms with E-state index in [2.05, 4.69) is 0 Å². The molecule has 0 atom stereocenters. The van der Waals surface area contributed by atoms with Crippen molar-refractivity contribution < 1.29 is 22.4 Å². The third-order valence-electron chi connectivity index (χ3n) is 4.91. The van der Waals surface area contributed by atoms with Crippen molar-refractivity contribution in [2.75, 3.05) is 14.1 Å². The molecule has 0 bridgehead atoms. The first-order valence-corrected chi connectivity index (χ1v) is 11.4. The van der Waals surface area contributed by atoms with Crippen molar-refractivity contribution >= 4 is 32.5 Å². The van der Waals surface area contributed by atoms with Gasteiger partial charge in [0.1, 0.15) is 28.9 Å². The molecule has 0 aliphatic heterocycles. The van der Waals surface area contributed by atoms with Crippen molar-refractivity contribution in [3.05, 3.63) is 76.9 Å². The van der Waals surface area contributed by atoms with E-state index in [0.29, 0.717) is 0 Å². The van der Waals surface area contributed by atoms with Gasteiger partial charge in [0.15, 0.2) is 0 Å². The number of aromatic nitrogens is 1. The number of carbonyl (C=O) groups excluding carboxylic acids is 2. The Morgan fingerprint density at radius 3 is 2.33 bits per heavy atom. The van der Waals surface area contributed by atoms with Crippen molar-refractivity contribution in [3.8, 4) is 6.07 Å². The van der Waals surface area contributed by atoms with Gasteiger partial charge in [-0.25, -0.2) is 16.8 Å². The van der Waals surface area contributed by atoms with Crippen LogP contribution in [-0.4, -0.2) is 43.0 Å². The molecule has 2 aromatic carbocycles. The summed E-state index contributed by atoms with van der Waals surface area (Å²) >= 11 is 0. The third kappa shape index (κ3) is 4.71. The van der Waals surface area contributed by atoms with Gasteiger partial charge in [-0.05, 0) is 49.7 Å². The number of Topliss-reactive ketones (excluding diaryl/α,β-unsaturated/α-hetero) is 2. The molecule has 7 nitrogen and oxygen atoms in total. The number of nitrogens with zero attached hydrogens (tertiary/aromatic N) is 3. The van der Waals surface area contributed by atoms with E-state index in [9.17, 15) is 27.7 Å². The third-order valence-corrected chi connectivity index (χ3v) is 6.65. The van der Waals surface area contributed by atoms with Crippen LogP contribution in [0.1, 0.15) is 28.5 Å². The van der Waals surface area contributed by atoms with E-state index in [4.69, 9.17) is 0 Å². The van der Waals surface area contributed by atoms with E-state index in [-0.39, 0.29) is 44.8 Å². The standard InChI is InChI=1S/C24H22FN3O4S/c1-15-5-7-20(8-6-15)33(31,32)28-22-11-17(9-16(2)29)21(25)10-18(22)12-23(28)24(30)19(13-26)14-27(3)4/h5-8,10-12,14H,9H2,1-4H3/b19-14+. The Hall–Kier alpha value is -3.77. The molecule has 1 aromatic heterocycles. The lowest BCUT2D eigenvalue weighted by atomic mass is 10.1. The maximum atomic E-state index is 14.6.